The first kappa shape index (κ1) is 18.0. The molecular formula is C21H16ClN5O. The van der Waals surface area contributed by atoms with Crippen molar-refractivity contribution in [1.82, 2.24) is 19.9 Å². The van der Waals surface area contributed by atoms with Gasteiger partial charge in [0, 0.05) is 22.2 Å². The molecule has 4 aromatic rings. The maximum Gasteiger partial charge on any atom is 0.230 e. The minimum absolute atomic E-state index is 0.116. The van der Waals surface area contributed by atoms with Crippen LogP contribution in [0.5, 0.6) is 0 Å². The molecule has 4 rings (SSSR count). The number of rotatable bonds is 4. The van der Waals surface area contributed by atoms with E-state index in [0.29, 0.717) is 28.2 Å². The van der Waals surface area contributed by atoms with Gasteiger partial charge in [0.05, 0.1) is 22.5 Å². The standard InChI is InChI=1S/C21H16ClN5O/c1-12-16-5-3-4-6-18(16)25-21(24-12)27-20-23-11-17(13(2)28)19(26-20)14-7-9-15(22)10-8-14/h3-11H,1-2H3,(H,23,24,25,26,27). The lowest BCUT2D eigenvalue weighted by Crippen LogP contribution is -2.07. The number of carbonyl (C=O) groups excluding carboxylic acids is 1. The largest absolute Gasteiger partial charge is 0.294 e. The van der Waals surface area contributed by atoms with Gasteiger partial charge in [-0.25, -0.2) is 19.9 Å². The summed E-state index contributed by atoms with van der Waals surface area (Å²) in [5, 5.41) is 4.64. The molecule has 1 N–H and O–H groups in total. The van der Waals surface area contributed by atoms with Crippen molar-refractivity contribution in [3.8, 4) is 11.3 Å². The fourth-order valence-corrected chi connectivity index (χ4v) is 3.04. The van der Waals surface area contributed by atoms with Crippen molar-refractivity contribution in [2.45, 2.75) is 13.8 Å². The van der Waals surface area contributed by atoms with Crippen LogP contribution in [-0.4, -0.2) is 25.7 Å². The summed E-state index contributed by atoms with van der Waals surface area (Å²) in [5.41, 5.74) is 3.42. The zero-order valence-corrected chi connectivity index (χ0v) is 16.0. The average molecular weight is 390 g/mol. The summed E-state index contributed by atoms with van der Waals surface area (Å²) < 4.78 is 0. The Balaban J connectivity index is 1.76. The molecule has 28 heavy (non-hydrogen) atoms. The van der Waals surface area contributed by atoms with Crippen molar-refractivity contribution in [3.05, 3.63) is 71.0 Å². The Morgan fingerprint density at radius 3 is 2.46 bits per heavy atom. The lowest BCUT2D eigenvalue weighted by Gasteiger charge is -2.10. The summed E-state index contributed by atoms with van der Waals surface area (Å²) >= 11 is 5.97. The van der Waals surface area contributed by atoms with E-state index in [1.807, 2.05) is 43.3 Å². The molecule has 6 nitrogen and oxygen atoms in total. The van der Waals surface area contributed by atoms with E-state index >= 15 is 0 Å². The number of ketones is 1. The predicted octanol–water partition coefficient (Wildman–Crippen LogP) is 4.99. The van der Waals surface area contributed by atoms with Gasteiger partial charge in [0.2, 0.25) is 11.9 Å². The number of fused-ring (bicyclic) bond motifs is 1. The number of Topliss-reactive ketones (excluding diaryl/α,β-unsaturated/α-hetero) is 1. The highest BCUT2D eigenvalue weighted by Crippen LogP contribution is 2.25. The van der Waals surface area contributed by atoms with E-state index in [1.54, 1.807) is 12.1 Å². The van der Waals surface area contributed by atoms with Gasteiger partial charge < -0.3 is 0 Å². The Hall–Kier alpha value is -3.38. The molecule has 0 spiro atoms. The molecule has 2 aromatic carbocycles. The number of hydrogen-bond acceptors (Lipinski definition) is 6. The lowest BCUT2D eigenvalue weighted by atomic mass is 10.1. The molecule has 0 unspecified atom stereocenters. The average Bonchev–Trinajstić information content (AvgIpc) is 2.68. The number of aromatic nitrogens is 4. The van der Waals surface area contributed by atoms with Crippen LogP contribution in [0.4, 0.5) is 11.9 Å². The molecule has 0 radical (unpaired) electrons. The van der Waals surface area contributed by atoms with E-state index < -0.39 is 0 Å². The molecule has 2 aromatic heterocycles. The van der Waals surface area contributed by atoms with Crippen LogP contribution >= 0.6 is 11.6 Å². The van der Waals surface area contributed by atoms with Crippen LogP contribution in [0, 0.1) is 6.92 Å². The number of para-hydroxylation sites is 1. The van der Waals surface area contributed by atoms with Gasteiger partial charge in [-0.15, -0.1) is 0 Å². The molecule has 0 saturated carbocycles. The van der Waals surface area contributed by atoms with Crippen LogP contribution in [0.3, 0.4) is 0 Å². The second-order valence-electron chi connectivity index (χ2n) is 6.29. The molecule has 0 aliphatic rings. The zero-order chi connectivity index (χ0) is 19.7. The quantitative estimate of drug-likeness (QED) is 0.495. The van der Waals surface area contributed by atoms with Crippen LogP contribution < -0.4 is 5.32 Å². The molecular weight excluding hydrogens is 374 g/mol. The molecule has 0 saturated heterocycles. The third kappa shape index (κ3) is 3.54. The zero-order valence-electron chi connectivity index (χ0n) is 15.3. The molecule has 0 aliphatic heterocycles. The first-order valence-electron chi connectivity index (χ1n) is 8.65. The van der Waals surface area contributed by atoms with Crippen molar-refractivity contribution in [2.24, 2.45) is 0 Å². The van der Waals surface area contributed by atoms with Crippen molar-refractivity contribution < 1.29 is 4.79 Å². The topological polar surface area (TPSA) is 80.7 Å². The van der Waals surface area contributed by atoms with E-state index in [4.69, 9.17) is 11.6 Å². The highest BCUT2D eigenvalue weighted by atomic mass is 35.5. The van der Waals surface area contributed by atoms with E-state index in [2.05, 4.69) is 25.3 Å². The minimum Gasteiger partial charge on any atom is -0.294 e. The van der Waals surface area contributed by atoms with E-state index in [9.17, 15) is 4.79 Å². The number of carbonyl (C=O) groups is 1. The molecule has 0 aliphatic carbocycles. The van der Waals surface area contributed by atoms with Crippen LogP contribution in [-0.2, 0) is 0 Å². The second-order valence-corrected chi connectivity index (χ2v) is 6.73. The summed E-state index contributed by atoms with van der Waals surface area (Å²) in [6, 6.07) is 14.9. The maximum absolute atomic E-state index is 12.0. The predicted molar refractivity (Wildman–Crippen MR) is 110 cm³/mol. The Morgan fingerprint density at radius 2 is 1.71 bits per heavy atom. The Bertz CT molecular complexity index is 1190. The van der Waals surface area contributed by atoms with Gasteiger partial charge in [0.15, 0.2) is 5.78 Å². The van der Waals surface area contributed by atoms with Crippen LogP contribution in [0.1, 0.15) is 23.0 Å². The Morgan fingerprint density at radius 1 is 0.964 bits per heavy atom. The highest BCUT2D eigenvalue weighted by Gasteiger charge is 2.14. The maximum atomic E-state index is 12.0. The number of benzene rings is 2. The SMILES string of the molecule is CC(=O)c1cnc(Nc2nc(C)c3ccccc3n2)nc1-c1ccc(Cl)cc1. The number of halogens is 1. The van der Waals surface area contributed by atoms with Crippen LogP contribution in [0.25, 0.3) is 22.2 Å². The summed E-state index contributed by atoms with van der Waals surface area (Å²) in [7, 11) is 0. The van der Waals surface area contributed by atoms with Gasteiger partial charge in [-0.3, -0.25) is 10.1 Å². The molecule has 0 atom stereocenters. The van der Waals surface area contributed by atoms with Gasteiger partial charge in [0.25, 0.3) is 0 Å². The third-order valence-electron chi connectivity index (χ3n) is 4.30. The molecule has 7 heteroatoms. The van der Waals surface area contributed by atoms with Crippen molar-refractivity contribution in [1.29, 1.82) is 0 Å². The number of hydrogen-bond donors (Lipinski definition) is 1. The molecule has 0 fully saturated rings. The minimum atomic E-state index is -0.116. The van der Waals surface area contributed by atoms with Crippen molar-refractivity contribution in [3.63, 3.8) is 0 Å². The van der Waals surface area contributed by atoms with Crippen LogP contribution in [0.2, 0.25) is 5.02 Å². The van der Waals surface area contributed by atoms with Gasteiger partial charge in [-0.1, -0.05) is 41.9 Å². The Labute approximate surface area is 166 Å². The van der Waals surface area contributed by atoms with E-state index in [0.717, 1.165) is 22.2 Å². The highest BCUT2D eigenvalue weighted by molar-refractivity contribution is 6.30. The number of anilines is 2. The van der Waals surface area contributed by atoms with Crippen molar-refractivity contribution >= 4 is 40.2 Å². The molecule has 0 bridgehead atoms. The molecule has 2 heterocycles. The van der Waals surface area contributed by atoms with Crippen LogP contribution in [0.15, 0.2) is 54.7 Å². The third-order valence-corrected chi connectivity index (χ3v) is 4.56. The van der Waals surface area contributed by atoms with E-state index in [1.165, 1.54) is 13.1 Å². The van der Waals surface area contributed by atoms with E-state index in [-0.39, 0.29) is 5.78 Å². The first-order valence-corrected chi connectivity index (χ1v) is 9.03. The fraction of sp³-hybridized carbons (Fsp3) is 0.0952. The lowest BCUT2D eigenvalue weighted by molar-refractivity contribution is 0.101. The first-order chi connectivity index (χ1) is 13.5. The number of aryl methyl sites for hydroxylation is 1. The van der Waals surface area contributed by atoms with Gasteiger partial charge >= 0.3 is 0 Å². The summed E-state index contributed by atoms with van der Waals surface area (Å²) in [6.45, 7) is 3.41. The summed E-state index contributed by atoms with van der Waals surface area (Å²) in [5.74, 6) is 0.591. The number of nitrogens with zero attached hydrogens (tertiary/aromatic N) is 4. The summed E-state index contributed by atoms with van der Waals surface area (Å²) in [6.07, 6.45) is 1.51. The Kier molecular flexibility index (Phi) is 4.71. The fourth-order valence-electron chi connectivity index (χ4n) is 2.92. The monoisotopic (exact) mass is 389 g/mol. The normalized spacial score (nSPS) is 10.8. The van der Waals surface area contributed by atoms with Gasteiger partial charge in [-0.05, 0) is 32.0 Å². The smallest absolute Gasteiger partial charge is 0.230 e. The molecule has 0 amide bonds. The van der Waals surface area contributed by atoms with Gasteiger partial charge in [0.1, 0.15) is 0 Å². The second kappa shape index (κ2) is 7.32. The molecule has 138 valence electrons. The summed E-state index contributed by atoms with van der Waals surface area (Å²) in [4.78, 5) is 29.8. The van der Waals surface area contributed by atoms with Gasteiger partial charge in [-0.2, -0.15) is 0 Å². The van der Waals surface area contributed by atoms with Crippen molar-refractivity contribution in [2.75, 3.05) is 5.32 Å². The number of nitrogens with one attached hydrogen (secondary N) is 1.